The van der Waals surface area contributed by atoms with Gasteiger partial charge in [-0.2, -0.15) is 0 Å². The summed E-state index contributed by atoms with van der Waals surface area (Å²) in [6, 6.07) is 9.80. The number of rotatable bonds is 7. The third-order valence-electron chi connectivity index (χ3n) is 3.56. The highest BCUT2D eigenvalue weighted by Gasteiger charge is 2.09. The molecule has 0 spiro atoms. The van der Waals surface area contributed by atoms with E-state index in [1.54, 1.807) is 25.7 Å². The van der Waals surface area contributed by atoms with Crippen molar-refractivity contribution < 1.29 is 4.79 Å². The molecule has 0 atom stereocenters. The minimum atomic E-state index is 0.456. The van der Waals surface area contributed by atoms with E-state index >= 15 is 0 Å². The monoisotopic (exact) mass is 320 g/mol. The highest BCUT2D eigenvalue weighted by atomic mass is 16.1. The summed E-state index contributed by atoms with van der Waals surface area (Å²) in [6.45, 7) is 3.50. The van der Waals surface area contributed by atoms with Crippen LogP contribution in [0.25, 0.3) is 16.7 Å². The van der Waals surface area contributed by atoms with Crippen LogP contribution in [-0.4, -0.2) is 31.2 Å². The number of nitrogens with zero attached hydrogens (tertiary/aromatic N) is 3. The Hall–Kier alpha value is -3.08. The second kappa shape index (κ2) is 8.53. The van der Waals surface area contributed by atoms with Crippen molar-refractivity contribution in [2.45, 2.75) is 12.8 Å². The number of nitrogens with two attached hydrogens (primary N) is 1. The standard InChI is InChI=1S/C19H20N4O/c1-21-12-17(13-22-2)14-5-6-18(15(10-14)4-3-9-24)16-7-8-23-19(20)11-16/h5-13H,1,3-4H2,2H3,(H2,20,23)/b17-12+,22-13?. The predicted octanol–water partition coefficient (Wildman–Crippen LogP) is 3.20. The maximum Gasteiger partial charge on any atom is 0.123 e. The molecule has 0 saturated carbocycles. The van der Waals surface area contributed by atoms with E-state index in [9.17, 15) is 4.79 Å². The average Bonchev–Trinajstić information content (AvgIpc) is 2.59. The van der Waals surface area contributed by atoms with Crippen molar-refractivity contribution >= 4 is 30.6 Å². The van der Waals surface area contributed by atoms with Gasteiger partial charge < -0.3 is 10.5 Å². The van der Waals surface area contributed by atoms with E-state index in [1.165, 1.54) is 0 Å². The number of anilines is 1. The summed E-state index contributed by atoms with van der Waals surface area (Å²) in [6.07, 6.45) is 7.10. The van der Waals surface area contributed by atoms with Crippen LogP contribution in [0.15, 0.2) is 52.7 Å². The van der Waals surface area contributed by atoms with Crippen molar-refractivity contribution in [3.8, 4) is 11.1 Å². The summed E-state index contributed by atoms with van der Waals surface area (Å²) in [7, 11) is 1.71. The van der Waals surface area contributed by atoms with Gasteiger partial charge in [0.05, 0.1) is 0 Å². The number of aliphatic imine (C=N–C) groups is 2. The summed E-state index contributed by atoms with van der Waals surface area (Å²) in [4.78, 5) is 22.7. The molecule has 1 aromatic heterocycles. The first-order valence-electron chi connectivity index (χ1n) is 7.56. The maximum atomic E-state index is 10.8. The van der Waals surface area contributed by atoms with Gasteiger partial charge in [-0.1, -0.05) is 18.2 Å². The second-order valence-electron chi connectivity index (χ2n) is 5.20. The van der Waals surface area contributed by atoms with Gasteiger partial charge in [-0.15, -0.1) is 0 Å². The topological polar surface area (TPSA) is 80.7 Å². The Labute approximate surface area is 141 Å². The molecule has 0 bridgehead atoms. The molecule has 0 aliphatic rings. The lowest BCUT2D eigenvalue weighted by atomic mass is 9.93. The van der Waals surface area contributed by atoms with Crippen molar-refractivity contribution in [3.05, 3.63) is 53.9 Å². The van der Waals surface area contributed by atoms with Crippen LogP contribution >= 0.6 is 0 Å². The molecule has 24 heavy (non-hydrogen) atoms. The molecule has 0 radical (unpaired) electrons. The summed E-state index contributed by atoms with van der Waals surface area (Å²) in [5.41, 5.74) is 10.7. The normalized spacial score (nSPS) is 11.6. The van der Waals surface area contributed by atoms with Crippen molar-refractivity contribution in [2.75, 3.05) is 12.8 Å². The van der Waals surface area contributed by atoms with Crippen LogP contribution in [-0.2, 0) is 11.2 Å². The molecule has 2 aromatic rings. The zero-order valence-electron chi connectivity index (χ0n) is 13.6. The van der Waals surface area contributed by atoms with Crippen molar-refractivity contribution in [1.82, 2.24) is 4.98 Å². The van der Waals surface area contributed by atoms with Crippen molar-refractivity contribution in [2.24, 2.45) is 9.98 Å². The van der Waals surface area contributed by atoms with Crippen LogP contribution in [0.4, 0.5) is 5.82 Å². The van der Waals surface area contributed by atoms with Crippen LogP contribution < -0.4 is 5.73 Å². The third kappa shape index (κ3) is 4.23. The van der Waals surface area contributed by atoms with E-state index in [0.29, 0.717) is 18.7 Å². The van der Waals surface area contributed by atoms with E-state index in [0.717, 1.165) is 34.1 Å². The smallest absolute Gasteiger partial charge is 0.123 e. The predicted molar refractivity (Wildman–Crippen MR) is 100 cm³/mol. The number of hydrogen-bond acceptors (Lipinski definition) is 5. The van der Waals surface area contributed by atoms with Gasteiger partial charge in [-0.05, 0) is 47.5 Å². The Balaban J connectivity index is 2.54. The van der Waals surface area contributed by atoms with Crippen LogP contribution in [0, 0.1) is 0 Å². The molecule has 0 unspecified atom stereocenters. The Bertz CT molecular complexity index is 794. The number of aromatic nitrogens is 1. The molecule has 5 nitrogen and oxygen atoms in total. The molecule has 0 saturated heterocycles. The van der Waals surface area contributed by atoms with Gasteiger partial charge in [0.2, 0.25) is 0 Å². The largest absolute Gasteiger partial charge is 0.384 e. The first kappa shape index (κ1) is 17.3. The maximum absolute atomic E-state index is 10.8. The van der Waals surface area contributed by atoms with Gasteiger partial charge >= 0.3 is 0 Å². The van der Waals surface area contributed by atoms with Gasteiger partial charge in [-0.25, -0.2) is 4.98 Å². The van der Waals surface area contributed by atoms with Crippen LogP contribution in [0.3, 0.4) is 0 Å². The van der Waals surface area contributed by atoms with Crippen molar-refractivity contribution in [1.29, 1.82) is 0 Å². The Kier molecular flexibility index (Phi) is 6.14. The first-order chi connectivity index (χ1) is 11.7. The summed E-state index contributed by atoms with van der Waals surface area (Å²) in [5.74, 6) is 0.465. The van der Waals surface area contributed by atoms with E-state index in [1.807, 2.05) is 30.3 Å². The molecule has 1 heterocycles. The number of aryl methyl sites for hydroxylation is 1. The van der Waals surface area contributed by atoms with Gasteiger partial charge in [0.1, 0.15) is 12.1 Å². The zero-order chi connectivity index (χ0) is 17.4. The number of pyridine rings is 1. The fourth-order valence-electron chi connectivity index (χ4n) is 2.51. The molecule has 122 valence electrons. The van der Waals surface area contributed by atoms with Gasteiger partial charge in [0.25, 0.3) is 0 Å². The quantitative estimate of drug-likeness (QED) is 0.628. The number of carbonyl (C=O) groups is 1. The zero-order valence-corrected chi connectivity index (χ0v) is 13.6. The summed E-state index contributed by atoms with van der Waals surface area (Å²) < 4.78 is 0. The number of nitrogen functional groups attached to an aromatic ring is 1. The molecule has 0 amide bonds. The number of allylic oxidation sites excluding steroid dienone is 1. The lowest BCUT2D eigenvalue weighted by molar-refractivity contribution is -0.107. The lowest BCUT2D eigenvalue weighted by Gasteiger charge is -2.12. The Morgan fingerprint density at radius 3 is 2.83 bits per heavy atom. The van der Waals surface area contributed by atoms with E-state index < -0.39 is 0 Å². The molecule has 2 rings (SSSR count). The fraction of sp³-hybridized carbons (Fsp3) is 0.158. The molecular weight excluding hydrogens is 300 g/mol. The molecular formula is C19H20N4O. The van der Waals surface area contributed by atoms with Crippen molar-refractivity contribution in [3.63, 3.8) is 0 Å². The third-order valence-corrected chi connectivity index (χ3v) is 3.56. The fourth-order valence-corrected chi connectivity index (χ4v) is 2.51. The van der Waals surface area contributed by atoms with Gasteiger partial charge in [-0.3, -0.25) is 9.98 Å². The van der Waals surface area contributed by atoms with Crippen LogP contribution in [0.5, 0.6) is 0 Å². The first-order valence-corrected chi connectivity index (χ1v) is 7.56. The highest BCUT2D eigenvalue weighted by Crippen LogP contribution is 2.28. The molecule has 0 aliphatic heterocycles. The number of aldehydes is 1. The van der Waals surface area contributed by atoms with Gasteiger partial charge in [0.15, 0.2) is 0 Å². The summed E-state index contributed by atoms with van der Waals surface area (Å²) in [5, 5.41) is 0. The SMILES string of the molecule is C=N/C=C(\C=NC)c1ccc(-c2ccnc(N)c2)c(CCC=O)c1. The van der Waals surface area contributed by atoms with Crippen LogP contribution in [0.2, 0.25) is 0 Å². The van der Waals surface area contributed by atoms with Crippen LogP contribution in [0.1, 0.15) is 17.5 Å². The van der Waals surface area contributed by atoms with E-state index in [4.69, 9.17) is 5.73 Å². The van der Waals surface area contributed by atoms with E-state index in [-0.39, 0.29) is 0 Å². The number of hydrogen-bond donors (Lipinski definition) is 1. The molecule has 1 aromatic carbocycles. The Morgan fingerprint density at radius 1 is 1.33 bits per heavy atom. The minimum Gasteiger partial charge on any atom is -0.384 e. The molecule has 0 aliphatic carbocycles. The second-order valence-corrected chi connectivity index (χ2v) is 5.20. The highest BCUT2D eigenvalue weighted by molar-refractivity contribution is 6.10. The van der Waals surface area contributed by atoms with Gasteiger partial charge in [0, 0.05) is 37.7 Å². The average molecular weight is 320 g/mol. The molecule has 0 fully saturated rings. The summed E-state index contributed by atoms with van der Waals surface area (Å²) >= 11 is 0. The minimum absolute atomic E-state index is 0.456. The number of benzene rings is 1. The Morgan fingerprint density at radius 2 is 2.17 bits per heavy atom. The lowest BCUT2D eigenvalue weighted by Crippen LogP contribution is -1.96. The van der Waals surface area contributed by atoms with E-state index in [2.05, 4.69) is 21.7 Å². The molecule has 5 heteroatoms. The molecule has 2 N–H and O–H groups in total. The number of carbonyl (C=O) groups excluding carboxylic acids is 1.